The summed E-state index contributed by atoms with van der Waals surface area (Å²) in [5, 5.41) is 3.15. The number of nitrogens with zero attached hydrogens (tertiary/aromatic N) is 2. The summed E-state index contributed by atoms with van der Waals surface area (Å²) < 4.78 is 32.0. The van der Waals surface area contributed by atoms with Crippen LogP contribution in [0.2, 0.25) is 0 Å². The first kappa shape index (κ1) is 30.5. The normalized spacial score (nSPS) is 14.6. The van der Waals surface area contributed by atoms with Crippen LogP contribution in [0.5, 0.6) is 5.75 Å². The van der Waals surface area contributed by atoms with Crippen molar-refractivity contribution in [3.63, 3.8) is 0 Å². The molecule has 0 heterocycles. The number of hydrogen-bond acceptors (Lipinski definition) is 5. The average molecular weight is 558 g/mol. The van der Waals surface area contributed by atoms with Crippen LogP contribution >= 0.6 is 0 Å². The molecule has 39 heavy (non-hydrogen) atoms. The van der Waals surface area contributed by atoms with Crippen LogP contribution in [0.1, 0.15) is 68.6 Å². The average Bonchev–Trinajstić information content (AvgIpc) is 3.38. The second-order valence-electron chi connectivity index (χ2n) is 10.6. The van der Waals surface area contributed by atoms with Gasteiger partial charge in [0.1, 0.15) is 11.8 Å². The fraction of sp³-hybridized carbons (Fsp3) is 0.533. The maximum absolute atomic E-state index is 13.7. The van der Waals surface area contributed by atoms with Gasteiger partial charge in [0.25, 0.3) is 0 Å². The van der Waals surface area contributed by atoms with Crippen LogP contribution in [0.15, 0.2) is 42.5 Å². The van der Waals surface area contributed by atoms with Gasteiger partial charge in [0.05, 0.1) is 19.1 Å². The Morgan fingerprint density at radius 3 is 2.33 bits per heavy atom. The van der Waals surface area contributed by atoms with E-state index in [0.717, 1.165) is 42.4 Å². The molecule has 0 bridgehead atoms. The molecule has 0 unspecified atom stereocenters. The van der Waals surface area contributed by atoms with Crippen molar-refractivity contribution in [2.24, 2.45) is 0 Å². The second-order valence-corrected chi connectivity index (χ2v) is 12.5. The number of amides is 2. The first-order valence-corrected chi connectivity index (χ1v) is 15.7. The lowest BCUT2D eigenvalue weighted by molar-refractivity contribution is -0.141. The zero-order valence-corrected chi connectivity index (χ0v) is 24.7. The van der Waals surface area contributed by atoms with Gasteiger partial charge in [-0.1, -0.05) is 38.0 Å². The molecule has 2 amide bonds. The molecule has 3 rings (SSSR count). The summed E-state index contributed by atoms with van der Waals surface area (Å²) in [5.74, 6) is 0.370. The Kier molecular flexibility index (Phi) is 10.8. The lowest BCUT2D eigenvalue weighted by atomic mass is 10.1. The largest absolute Gasteiger partial charge is 0.497 e. The Balaban J connectivity index is 1.79. The van der Waals surface area contributed by atoms with E-state index < -0.39 is 16.1 Å². The summed E-state index contributed by atoms with van der Waals surface area (Å²) in [5.41, 5.74) is 3.40. The van der Waals surface area contributed by atoms with Crippen LogP contribution in [0.25, 0.3) is 0 Å². The number of hydrogen-bond donors (Lipinski definition) is 1. The molecule has 214 valence electrons. The van der Waals surface area contributed by atoms with Crippen LogP contribution in [-0.4, -0.2) is 57.1 Å². The van der Waals surface area contributed by atoms with E-state index in [-0.39, 0.29) is 37.4 Å². The number of methoxy groups -OCH3 is 1. The first-order valence-electron chi connectivity index (χ1n) is 13.8. The molecule has 1 aliphatic carbocycles. The highest BCUT2D eigenvalue weighted by atomic mass is 32.2. The summed E-state index contributed by atoms with van der Waals surface area (Å²) in [6.07, 6.45) is 6.24. The van der Waals surface area contributed by atoms with E-state index in [1.807, 2.05) is 63.2 Å². The van der Waals surface area contributed by atoms with Crippen molar-refractivity contribution in [1.29, 1.82) is 0 Å². The van der Waals surface area contributed by atoms with E-state index in [9.17, 15) is 18.0 Å². The molecule has 0 aliphatic heterocycles. The molecule has 8 nitrogen and oxygen atoms in total. The maximum Gasteiger partial charge on any atom is 0.243 e. The monoisotopic (exact) mass is 557 g/mol. The molecule has 1 atom stereocenters. The third kappa shape index (κ3) is 8.71. The molecule has 0 saturated heterocycles. The van der Waals surface area contributed by atoms with E-state index in [1.165, 1.54) is 10.6 Å². The number of nitrogens with one attached hydrogen (secondary N) is 1. The van der Waals surface area contributed by atoms with Crippen molar-refractivity contribution in [2.45, 2.75) is 84.3 Å². The minimum absolute atomic E-state index is 0.119. The Hall–Kier alpha value is -3.07. The molecule has 2 aromatic rings. The molecule has 2 aromatic carbocycles. The highest BCUT2D eigenvalue weighted by Gasteiger charge is 2.31. The molecule has 0 spiro atoms. The Morgan fingerprint density at radius 1 is 1.08 bits per heavy atom. The van der Waals surface area contributed by atoms with Crippen molar-refractivity contribution in [1.82, 2.24) is 10.2 Å². The fourth-order valence-electron chi connectivity index (χ4n) is 5.35. The molecule has 0 aromatic heterocycles. The third-order valence-corrected chi connectivity index (χ3v) is 8.42. The number of sulfonamides is 1. The minimum atomic E-state index is -3.54. The number of aryl methyl sites for hydroxylation is 2. The number of carbonyl (C=O) groups is 2. The van der Waals surface area contributed by atoms with E-state index in [2.05, 4.69) is 5.32 Å². The highest BCUT2D eigenvalue weighted by molar-refractivity contribution is 7.92. The van der Waals surface area contributed by atoms with Gasteiger partial charge in [-0.15, -0.1) is 0 Å². The van der Waals surface area contributed by atoms with Gasteiger partial charge in [0, 0.05) is 25.6 Å². The van der Waals surface area contributed by atoms with Gasteiger partial charge in [-0.05, 0) is 80.5 Å². The molecule has 1 saturated carbocycles. The quantitative estimate of drug-likeness (QED) is 0.384. The summed E-state index contributed by atoms with van der Waals surface area (Å²) >= 11 is 0. The van der Waals surface area contributed by atoms with Gasteiger partial charge in [0.15, 0.2) is 0 Å². The molecular weight excluding hydrogens is 514 g/mol. The number of benzene rings is 2. The summed E-state index contributed by atoms with van der Waals surface area (Å²) in [6.45, 7) is 6.21. The van der Waals surface area contributed by atoms with Crippen LogP contribution in [0.3, 0.4) is 0 Å². The van der Waals surface area contributed by atoms with Gasteiger partial charge in [-0.3, -0.25) is 13.9 Å². The van der Waals surface area contributed by atoms with Crippen molar-refractivity contribution in [3.8, 4) is 5.75 Å². The lowest BCUT2D eigenvalue weighted by Crippen LogP contribution is -2.51. The SMILES string of the molecule is CC[C@H](C(=O)NC1CCCC1)N(Cc1cccc(OC)c1)C(=O)CCCN(c1cc(C)cc(C)c1)S(C)(=O)=O. The highest BCUT2D eigenvalue weighted by Crippen LogP contribution is 2.24. The summed E-state index contributed by atoms with van der Waals surface area (Å²) in [6, 6.07) is 12.7. The van der Waals surface area contributed by atoms with Gasteiger partial charge in [-0.2, -0.15) is 0 Å². The third-order valence-electron chi connectivity index (χ3n) is 7.22. The van der Waals surface area contributed by atoms with Crippen molar-refractivity contribution in [2.75, 3.05) is 24.2 Å². The van der Waals surface area contributed by atoms with Crippen LogP contribution in [0, 0.1) is 13.8 Å². The standard InChI is InChI=1S/C30H43N3O5S/c1-6-28(30(35)31-25-12-7-8-13-25)32(21-24-11-9-14-27(20-24)38-4)29(34)15-10-16-33(39(5,36)37)26-18-22(2)17-23(3)19-26/h9,11,14,17-20,25,28H,6-8,10,12-13,15-16,21H2,1-5H3,(H,31,35)/t28-/m1/s1. The van der Waals surface area contributed by atoms with Gasteiger partial charge in [0.2, 0.25) is 21.8 Å². The minimum Gasteiger partial charge on any atom is -0.497 e. The Bertz CT molecular complexity index is 1220. The lowest BCUT2D eigenvalue weighted by Gasteiger charge is -2.32. The predicted octanol–water partition coefficient (Wildman–Crippen LogP) is 4.72. The molecule has 0 radical (unpaired) electrons. The summed E-state index contributed by atoms with van der Waals surface area (Å²) in [7, 11) is -1.95. The van der Waals surface area contributed by atoms with Gasteiger partial charge in [-0.25, -0.2) is 8.42 Å². The Morgan fingerprint density at radius 2 is 1.74 bits per heavy atom. The zero-order valence-electron chi connectivity index (χ0n) is 23.9. The zero-order chi connectivity index (χ0) is 28.6. The van der Waals surface area contributed by atoms with Crippen LogP contribution < -0.4 is 14.4 Å². The van der Waals surface area contributed by atoms with Crippen molar-refractivity contribution in [3.05, 3.63) is 59.2 Å². The van der Waals surface area contributed by atoms with Gasteiger partial charge < -0.3 is 15.0 Å². The Labute approximate surface area is 233 Å². The van der Waals surface area contributed by atoms with E-state index in [4.69, 9.17) is 4.74 Å². The predicted molar refractivity (Wildman–Crippen MR) is 155 cm³/mol. The number of ether oxygens (including phenoxy) is 1. The second kappa shape index (κ2) is 13.8. The van der Waals surface area contributed by atoms with E-state index in [1.54, 1.807) is 12.0 Å². The number of anilines is 1. The number of carbonyl (C=O) groups excluding carboxylic acids is 2. The van der Waals surface area contributed by atoms with E-state index >= 15 is 0 Å². The number of rotatable bonds is 13. The van der Waals surface area contributed by atoms with Crippen molar-refractivity contribution >= 4 is 27.5 Å². The molecule has 1 aliphatic rings. The smallest absolute Gasteiger partial charge is 0.243 e. The van der Waals surface area contributed by atoms with E-state index in [0.29, 0.717) is 24.3 Å². The molecule has 9 heteroatoms. The topological polar surface area (TPSA) is 96.0 Å². The van der Waals surface area contributed by atoms with Crippen LogP contribution in [0.4, 0.5) is 5.69 Å². The van der Waals surface area contributed by atoms with Gasteiger partial charge >= 0.3 is 0 Å². The van der Waals surface area contributed by atoms with Crippen LogP contribution in [-0.2, 0) is 26.2 Å². The van der Waals surface area contributed by atoms with Crippen molar-refractivity contribution < 1.29 is 22.7 Å². The summed E-state index contributed by atoms with van der Waals surface area (Å²) in [4.78, 5) is 28.6. The molecule has 1 N–H and O–H groups in total. The maximum atomic E-state index is 13.7. The molecule has 1 fully saturated rings. The fourth-order valence-corrected chi connectivity index (χ4v) is 6.30. The molecular formula is C30H43N3O5S. The first-order chi connectivity index (χ1) is 18.5.